The number of piperidine rings is 1. The van der Waals surface area contributed by atoms with Crippen LogP contribution in [0.3, 0.4) is 0 Å². The van der Waals surface area contributed by atoms with Crippen LogP contribution in [-0.2, 0) is 10.0 Å². The van der Waals surface area contributed by atoms with Gasteiger partial charge in [-0.3, -0.25) is 4.79 Å². The Morgan fingerprint density at radius 3 is 2.10 bits per heavy atom. The lowest BCUT2D eigenvalue weighted by Gasteiger charge is -2.34. The maximum Gasteiger partial charge on any atom is 0.243 e. The van der Waals surface area contributed by atoms with Gasteiger partial charge in [0.15, 0.2) is 5.78 Å². The molecule has 1 aliphatic heterocycles. The molecule has 2 rings (SSSR count). The molecule has 0 amide bonds. The molecule has 0 bridgehead atoms. The quantitative estimate of drug-likeness (QED) is 0.793. The van der Waals surface area contributed by atoms with Gasteiger partial charge in [-0.15, -0.1) is 0 Å². The topological polar surface area (TPSA) is 57.7 Å². The molecule has 5 nitrogen and oxygen atoms in total. The van der Waals surface area contributed by atoms with E-state index < -0.39 is 10.0 Å². The lowest BCUT2D eigenvalue weighted by Crippen LogP contribution is -2.44. The third-order valence-corrected chi connectivity index (χ3v) is 5.97. The second-order valence-corrected chi connectivity index (χ2v) is 7.62. The predicted octanol–water partition coefficient (Wildman–Crippen LogP) is 1.60. The molecule has 0 aromatic heterocycles. The first kappa shape index (κ1) is 16.1. The van der Waals surface area contributed by atoms with Gasteiger partial charge in [-0.1, -0.05) is 12.1 Å². The first-order valence-electron chi connectivity index (χ1n) is 7.10. The maximum atomic E-state index is 12.6. The standard InChI is InChI=1S/C15H22N2O3S/c1-12(18)13-4-6-15(7-5-13)21(19,20)17-10-8-14(9-11-17)16(2)3/h4-7,14H,8-11H2,1-3H3. The van der Waals surface area contributed by atoms with Gasteiger partial charge in [0.25, 0.3) is 0 Å². The molecule has 0 spiro atoms. The van der Waals surface area contributed by atoms with E-state index in [1.54, 1.807) is 12.1 Å². The molecule has 0 saturated carbocycles. The summed E-state index contributed by atoms with van der Waals surface area (Å²) >= 11 is 0. The van der Waals surface area contributed by atoms with Crippen molar-refractivity contribution in [2.24, 2.45) is 0 Å². The van der Waals surface area contributed by atoms with E-state index in [1.165, 1.54) is 23.4 Å². The molecular weight excluding hydrogens is 288 g/mol. The zero-order valence-electron chi connectivity index (χ0n) is 12.7. The third-order valence-electron chi connectivity index (χ3n) is 4.05. The van der Waals surface area contributed by atoms with Crippen LogP contribution in [-0.4, -0.2) is 56.6 Å². The number of carbonyl (C=O) groups is 1. The van der Waals surface area contributed by atoms with Crippen LogP contribution in [0.15, 0.2) is 29.2 Å². The van der Waals surface area contributed by atoms with Crippen molar-refractivity contribution in [1.82, 2.24) is 9.21 Å². The van der Waals surface area contributed by atoms with Gasteiger partial charge in [-0.25, -0.2) is 8.42 Å². The van der Waals surface area contributed by atoms with Gasteiger partial charge in [0.05, 0.1) is 4.90 Å². The van der Waals surface area contributed by atoms with Gasteiger partial charge in [0.1, 0.15) is 0 Å². The fourth-order valence-electron chi connectivity index (χ4n) is 2.61. The van der Waals surface area contributed by atoms with Crippen LogP contribution in [0.25, 0.3) is 0 Å². The van der Waals surface area contributed by atoms with E-state index in [2.05, 4.69) is 4.90 Å². The summed E-state index contributed by atoms with van der Waals surface area (Å²) in [6.45, 7) is 2.55. The molecule has 0 unspecified atom stereocenters. The molecule has 0 radical (unpaired) electrons. The number of sulfonamides is 1. The lowest BCUT2D eigenvalue weighted by atomic mass is 10.1. The lowest BCUT2D eigenvalue weighted by molar-refractivity contribution is 0.101. The number of ketones is 1. The molecule has 0 N–H and O–H groups in total. The highest BCUT2D eigenvalue weighted by molar-refractivity contribution is 7.89. The molecule has 6 heteroatoms. The average molecular weight is 310 g/mol. The summed E-state index contributed by atoms with van der Waals surface area (Å²) in [5.41, 5.74) is 0.528. The Kier molecular flexibility index (Phi) is 4.81. The molecule has 0 atom stereocenters. The molecule has 116 valence electrons. The summed E-state index contributed by atoms with van der Waals surface area (Å²) < 4.78 is 26.7. The fraction of sp³-hybridized carbons (Fsp3) is 0.533. The van der Waals surface area contributed by atoms with Gasteiger partial charge in [-0.05, 0) is 46.0 Å². The number of Topliss-reactive ketones (excluding diaryl/α,β-unsaturated/α-hetero) is 1. The van der Waals surface area contributed by atoms with Crippen LogP contribution in [0.1, 0.15) is 30.1 Å². The minimum Gasteiger partial charge on any atom is -0.306 e. The van der Waals surface area contributed by atoms with Crippen LogP contribution in [0.2, 0.25) is 0 Å². The van der Waals surface area contributed by atoms with E-state index in [1.807, 2.05) is 14.1 Å². The van der Waals surface area contributed by atoms with E-state index in [0.29, 0.717) is 24.7 Å². The Balaban J connectivity index is 2.13. The van der Waals surface area contributed by atoms with E-state index in [0.717, 1.165) is 12.8 Å². The molecule has 1 aromatic rings. The monoisotopic (exact) mass is 310 g/mol. The van der Waals surface area contributed by atoms with Crippen molar-refractivity contribution in [3.63, 3.8) is 0 Å². The van der Waals surface area contributed by atoms with Crippen molar-refractivity contribution in [2.75, 3.05) is 27.2 Å². The van der Waals surface area contributed by atoms with E-state index >= 15 is 0 Å². The minimum atomic E-state index is -3.45. The number of rotatable bonds is 4. The van der Waals surface area contributed by atoms with Crippen LogP contribution in [0, 0.1) is 0 Å². The zero-order chi connectivity index (χ0) is 15.6. The molecule has 21 heavy (non-hydrogen) atoms. The van der Waals surface area contributed by atoms with Crippen LogP contribution in [0.4, 0.5) is 0 Å². The molecule has 1 saturated heterocycles. The van der Waals surface area contributed by atoms with Crippen molar-refractivity contribution >= 4 is 15.8 Å². The highest BCUT2D eigenvalue weighted by Gasteiger charge is 2.29. The van der Waals surface area contributed by atoms with Crippen molar-refractivity contribution in [1.29, 1.82) is 0 Å². The highest BCUT2D eigenvalue weighted by atomic mass is 32.2. The van der Waals surface area contributed by atoms with Crippen molar-refractivity contribution < 1.29 is 13.2 Å². The number of carbonyl (C=O) groups excluding carboxylic acids is 1. The van der Waals surface area contributed by atoms with Gasteiger partial charge in [0.2, 0.25) is 10.0 Å². The summed E-state index contributed by atoms with van der Waals surface area (Å²) in [7, 11) is 0.596. The summed E-state index contributed by atoms with van der Waals surface area (Å²) in [5.74, 6) is -0.0641. The Morgan fingerprint density at radius 2 is 1.67 bits per heavy atom. The minimum absolute atomic E-state index is 0.0641. The number of nitrogens with zero attached hydrogens (tertiary/aromatic N) is 2. The van der Waals surface area contributed by atoms with Crippen LogP contribution >= 0.6 is 0 Å². The predicted molar refractivity (Wildman–Crippen MR) is 81.9 cm³/mol. The molecule has 1 aromatic carbocycles. The van der Waals surface area contributed by atoms with Gasteiger partial charge in [0, 0.05) is 24.7 Å². The third kappa shape index (κ3) is 3.51. The Morgan fingerprint density at radius 1 is 1.14 bits per heavy atom. The molecule has 1 fully saturated rings. The Labute approximate surface area is 126 Å². The second kappa shape index (κ2) is 6.25. The highest BCUT2D eigenvalue weighted by Crippen LogP contribution is 2.22. The number of hydrogen-bond acceptors (Lipinski definition) is 4. The zero-order valence-corrected chi connectivity index (χ0v) is 13.6. The summed E-state index contributed by atoms with van der Waals surface area (Å²) in [4.78, 5) is 13.6. The van der Waals surface area contributed by atoms with Gasteiger partial charge < -0.3 is 4.90 Å². The van der Waals surface area contributed by atoms with Crippen LogP contribution in [0.5, 0.6) is 0 Å². The molecule has 0 aliphatic carbocycles. The first-order valence-corrected chi connectivity index (χ1v) is 8.54. The molecule has 1 aliphatic rings. The summed E-state index contributed by atoms with van der Waals surface area (Å²) in [5, 5.41) is 0. The molecular formula is C15H22N2O3S. The fourth-order valence-corrected chi connectivity index (χ4v) is 4.08. The number of benzene rings is 1. The molecule has 1 heterocycles. The van der Waals surface area contributed by atoms with Crippen molar-refractivity contribution in [2.45, 2.75) is 30.7 Å². The SMILES string of the molecule is CC(=O)c1ccc(S(=O)(=O)N2CCC(N(C)C)CC2)cc1. The van der Waals surface area contributed by atoms with Gasteiger partial charge >= 0.3 is 0 Å². The van der Waals surface area contributed by atoms with Crippen molar-refractivity contribution in [3.05, 3.63) is 29.8 Å². The first-order chi connectivity index (χ1) is 9.82. The number of hydrogen-bond donors (Lipinski definition) is 0. The second-order valence-electron chi connectivity index (χ2n) is 5.68. The van der Waals surface area contributed by atoms with E-state index in [-0.39, 0.29) is 10.7 Å². The summed E-state index contributed by atoms with van der Waals surface area (Å²) in [6.07, 6.45) is 1.69. The maximum absolute atomic E-state index is 12.6. The average Bonchev–Trinajstić information content (AvgIpc) is 2.47. The van der Waals surface area contributed by atoms with Crippen LogP contribution < -0.4 is 0 Å². The smallest absolute Gasteiger partial charge is 0.243 e. The van der Waals surface area contributed by atoms with E-state index in [4.69, 9.17) is 0 Å². The summed E-state index contributed by atoms with van der Waals surface area (Å²) in [6, 6.07) is 6.62. The van der Waals surface area contributed by atoms with Gasteiger partial charge in [-0.2, -0.15) is 4.31 Å². The normalized spacial score (nSPS) is 18.1. The van der Waals surface area contributed by atoms with Crippen molar-refractivity contribution in [3.8, 4) is 0 Å². The Hall–Kier alpha value is -1.24. The largest absolute Gasteiger partial charge is 0.306 e. The van der Waals surface area contributed by atoms with E-state index in [9.17, 15) is 13.2 Å². The Bertz CT molecular complexity index is 600.